The molecule has 0 radical (unpaired) electrons. The number of carbonyl (C=O) groups is 1. The van der Waals surface area contributed by atoms with E-state index in [0.717, 1.165) is 22.6 Å². The van der Waals surface area contributed by atoms with Gasteiger partial charge < -0.3 is 11.1 Å². The molecule has 112 valence electrons. The maximum atomic E-state index is 11.2. The molecule has 0 aliphatic heterocycles. The molecule has 21 heavy (non-hydrogen) atoms. The van der Waals surface area contributed by atoms with E-state index in [1.165, 1.54) is 5.56 Å². The number of amides is 1. The van der Waals surface area contributed by atoms with Crippen LogP contribution >= 0.6 is 0 Å². The molecule has 1 heterocycles. The first-order valence-electron chi connectivity index (χ1n) is 6.98. The van der Waals surface area contributed by atoms with Crippen molar-refractivity contribution in [2.75, 3.05) is 5.32 Å². The molecule has 0 saturated carbocycles. The van der Waals surface area contributed by atoms with Gasteiger partial charge in [0.2, 0.25) is 5.91 Å². The molecule has 1 aromatic heterocycles. The van der Waals surface area contributed by atoms with E-state index >= 15 is 0 Å². The minimum atomic E-state index is -0.406. The van der Waals surface area contributed by atoms with Crippen molar-refractivity contribution in [2.45, 2.75) is 33.7 Å². The molecular weight excluding hydrogens is 264 g/mol. The van der Waals surface area contributed by atoms with E-state index in [0.29, 0.717) is 5.56 Å². The Morgan fingerprint density at radius 3 is 2.48 bits per heavy atom. The highest BCUT2D eigenvalue weighted by Gasteiger charge is 2.17. The van der Waals surface area contributed by atoms with Gasteiger partial charge in [0.1, 0.15) is 0 Å². The number of anilines is 1. The Morgan fingerprint density at radius 2 is 2.00 bits per heavy atom. The van der Waals surface area contributed by atoms with Crippen molar-refractivity contribution in [3.8, 4) is 0 Å². The summed E-state index contributed by atoms with van der Waals surface area (Å²) >= 11 is 0. The molecule has 0 saturated heterocycles. The third-order valence-electron chi connectivity index (χ3n) is 3.88. The van der Waals surface area contributed by atoms with Gasteiger partial charge in [0, 0.05) is 29.6 Å². The standard InChI is InChI=1S/C16H22N4O/c1-9-8-13(16(17)21)6-7-14(9)18-10(2)15-11(3)19-20(5)12(15)4/h6-8,10,18H,1-5H3,(H2,17,21). The molecule has 0 aliphatic rings. The molecule has 2 rings (SSSR count). The van der Waals surface area contributed by atoms with E-state index in [1.807, 2.05) is 31.6 Å². The molecule has 5 nitrogen and oxygen atoms in total. The van der Waals surface area contributed by atoms with Gasteiger partial charge in [-0.1, -0.05) is 0 Å². The maximum Gasteiger partial charge on any atom is 0.248 e. The summed E-state index contributed by atoms with van der Waals surface area (Å²) < 4.78 is 1.89. The quantitative estimate of drug-likeness (QED) is 0.907. The van der Waals surface area contributed by atoms with Crippen molar-refractivity contribution >= 4 is 11.6 Å². The second kappa shape index (κ2) is 5.60. The van der Waals surface area contributed by atoms with Crippen molar-refractivity contribution < 1.29 is 4.79 Å². The number of rotatable bonds is 4. The lowest BCUT2D eigenvalue weighted by Crippen LogP contribution is -2.13. The fourth-order valence-corrected chi connectivity index (χ4v) is 2.70. The van der Waals surface area contributed by atoms with Crippen LogP contribution in [0.1, 0.15) is 45.8 Å². The molecule has 0 fully saturated rings. The SMILES string of the molecule is Cc1cc(C(N)=O)ccc1NC(C)c1c(C)nn(C)c1C. The number of carbonyl (C=O) groups excluding carboxylic acids is 1. The number of nitrogens with zero attached hydrogens (tertiary/aromatic N) is 2. The second-order valence-corrected chi connectivity index (χ2v) is 5.47. The van der Waals surface area contributed by atoms with Crippen LogP contribution < -0.4 is 11.1 Å². The molecule has 3 N–H and O–H groups in total. The first-order valence-corrected chi connectivity index (χ1v) is 6.98. The fraction of sp³-hybridized carbons (Fsp3) is 0.375. The van der Waals surface area contributed by atoms with Gasteiger partial charge in [-0.2, -0.15) is 5.10 Å². The van der Waals surface area contributed by atoms with Crippen LogP contribution in [0.25, 0.3) is 0 Å². The van der Waals surface area contributed by atoms with Crippen molar-refractivity contribution in [2.24, 2.45) is 12.8 Å². The molecule has 1 amide bonds. The zero-order valence-electron chi connectivity index (χ0n) is 13.2. The summed E-state index contributed by atoms with van der Waals surface area (Å²) in [6.07, 6.45) is 0. The van der Waals surface area contributed by atoms with Gasteiger partial charge in [-0.05, 0) is 51.5 Å². The lowest BCUT2D eigenvalue weighted by molar-refractivity contribution is 0.1000. The maximum absolute atomic E-state index is 11.2. The Bertz CT molecular complexity index is 688. The summed E-state index contributed by atoms with van der Waals surface area (Å²) in [5, 5.41) is 7.93. The molecule has 2 aromatic rings. The lowest BCUT2D eigenvalue weighted by atomic mass is 10.0. The van der Waals surface area contributed by atoms with Crippen molar-refractivity contribution in [3.63, 3.8) is 0 Å². The Hall–Kier alpha value is -2.30. The van der Waals surface area contributed by atoms with Crippen molar-refractivity contribution in [3.05, 3.63) is 46.3 Å². The van der Waals surface area contributed by atoms with Gasteiger partial charge >= 0.3 is 0 Å². The van der Waals surface area contributed by atoms with Crippen LogP contribution in [0.4, 0.5) is 5.69 Å². The van der Waals surface area contributed by atoms with Crippen LogP contribution in [0, 0.1) is 20.8 Å². The average Bonchev–Trinajstić information content (AvgIpc) is 2.65. The Morgan fingerprint density at radius 1 is 1.33 bits per heavy atom. The number of nitrogens with two attached hydrogens (primary N) is 1. The number of aromatic nitrogens is 2. The van der Waals surface area contributed by atoms with E-state index in [1.54, 1.807) is 12.1 Å². The molecule has 0 spiro atoms. The molecule has 0 bridgehead atoms. The summed E-state index contributed by atoms with van der Waals surface area (Å²) in [5.74, 6) is -0.406. The van der Waals surface area contributed by atoms with Gasteiger partial charge in [-0.25, -0.2) is 0 Å². The van der Waals surface area contributed by atoms with Crippen LogP contribution in [-0.4, -0.2) is 15.7 Å². The van der Waals surface area contributed by atoms with Gasteiger partial charge in [0.25, 0.3) is 0 Å². The molecule has 1 aromatic carbocycles. The Labute approximate surface area is 125 Å². The average molecular weight is 286 g/mol. The highest BCUT2D eigenvalue weighted by atomic mass is 16.1. The van der Waals surface area contributed by atoms with Crippen molar-refractivity contribution in [1.82, 2.24) is 9.78 Å². The number of primary amides is 1. The van der Waals surface area contributed by atoms with Gasteiger partial charge in [-0.15, -0.1) is 0 Å². The predicted octanol–water partition coefficient (Wildman–Crippen LogP) is 2.62. The number of nitrogens with one attached hydrogen (secondary N) is 1. The number of hydrogen-bond acceptors (Lipinski definition) is 3. The number of benzene rings is 1. The fourth-order valence-electron chi connectivity index (χ4n) is 2.70. The third kappa shape index (κ3) is 2.91. The van der Waals surface area contributed by atoms with Gasteiger partial charge in [-0.3, -0.25) is 9.48 Å². The third-order valence-corrected chi connectivity index (χ3v) is 3.88. The van der Waals surface area contributed by atoms with Crippen LogP contribution in [-0.2, 0) is 7.05 Å². The summed E-state index contributed by atoms with van der Waals surface area (Å²) in [4.78, 5) is 11.2. The normalized spacial score (nSPS) is 12.2. The highest BCUT2D eigenvalue weighted by molar-refractivity contribution is 5.93. The van der Waals surface area contributed by atoms with E-state index in [4.69, 9.17) is 5.73 Å². The molecule has 1 unspecified atom stereocenters. The first kappa shape index (κ1) is 15.1. The zero-order chi connectivity index (χ0) is 15.7. The second-order valence-electron chi connectivity index (χ2n) is 5.47. The van der Waals surface area contributed by atoms with Crippen LogP contribution in [0.15, 0.2) is 18.2 Å². The van der Waals surface area contributed by atoms with Gasteiger partial charge in [0.15, 0.2) is 0 Å². The van der Waals surface area contributed by atoms with Crippen LogP contribution in [0.2, 0.25) is 0 Å². The minimum absolute atomic E-state index is 0.136. The monoisotopic (exact) mass is 286 g/mol. The largest absolute Gasteiger partial charge is 0.378 e. The van der Waals surface area contributed by atoms with E-state index < -0.39 is 5.91 Å². The molecule has 0 aliphatic carbocycles. The lowest BCUT2D eigenvalue weighted by Gasteiger charge is -2.18. The predicted molar refractivity (Wildman–Crippen MR) is 84.4 cm³/mol. The minimum Gasteiger partial charge on any atom is -0.378 e. The van der Waals surface area contributed by atoms with E-state index in [9.17, 15) is 4.79 Å². The number of hydrogen-bond donors (Lipinski definition) is 2. The molecular formula is C16H22N4O. The van der Waals surface area contributed by atoms with Gasteiger partial charge in [0.05, 0.1) is 11.7 Å². The van der Waals surface area contributed by atoms with Crippen LogP contribution in [0.5, 0.6) is 0 Å². The number of aryl methyl sites for hydroxylation is 3. The summed E-state index contributed by atoms with van der Waals surface area (Å²) in [6, 6.07) is 5.58. The van der Waals surface area contributed by atoms with Crippen LogP contribution in [0.3, 0.4) is 0 Å². The topological polar surface area (TPSA) is 72.9 Å². The molecule has 1 atom stereocenters. The Balaban J connectivity index is 2.27. The Kier molecular flexibility index (Phi) is 4.02. The summed E-state index contributed by atoms with van der Waals surface area (Å²) in [7, 11) is 1.95. The highest BCUT2D eigenvalue weighted by Crippen LogP contribution is 2.26. The van der Waals surface area contributed by atoms with Crippen molar-refractivity contribution in [1.29, 1.82) is 0 Å². The first-order chi connectivity index (χ1) is 9.81. The molecule has 5 heteroatoms. The van der Waals surface area contributed by atoms with E-state index in [2.05, 4.69) is 24.3 Å². The van der Waals surface area contributed by atoms with E-state index in [-0.39, 0.29) is 6.04 Å². The summed E-state index contributed by atoms with van der Waals surface area (Å²) in [5.41, 5.74) is 11.2. The zero-order valence-corrected chi connectivity index (χ0v) is 13.2. The smallest absolute Gasteiger partial charge is 0.248 e. The summed E-state index contributed by atoms with van der Waals surface area (Å²) in [6.45, 7) is 8.16.